The van der Waals surface area contributed by atoms with Crippen molar-refractivity contribution in [3.05, 3.63) is 35.7 Å². The Balaban J connectivity index is 2.63. The molecule has 0 saturated heterocycles. The average Bonchev–Trinajstić information content (AvgIpc) is 2.59. The number of benzene rings is 1. The molecule has 0 aliphatic rings. The summed E-state index contributed by atoms with van der Waals surface area (Å²) < 4.78 is 5.17. The quantitative estimate of drug-likeness (QED) is 0.813. The average molecular weight is 202 g/mol. The highest BCUT2D eigenvalue weighted by Crippen LogP contribution is 2.32. The third kappa shape index (κ3) is 1.61. The van der Waals surface area contributed by atoms with Gasteiger partial charge in [-0.15, -0.1) is 0 Å². The first-order chi connectivity index (χ1) is 7.24. The fourth-order valence-electron chi connectivity index (χ4n) is 1.79. The summed E-state index contributed by atoms with van der Waals surface area (Å²) in [5.41, 5.74) is 4.23. The summed E-state index contributed by atoms with van der Waals surface area (Å²) in [7, 11) is 1.91. The molecule has 1 aromatic heterocycles. The van der Waals surface area contributed by atoms with E-state index in [1.807, 2.05) is 39.1 Å². The predicted molar refractivity (Wildman–Crippen MR) is 61.0 cm³/mol. The second-order valence-electron chi connectivity index (χ2n) is 3.49. The maximum absolute atomic E-state index is 5.17. The van der Waals surface area contributed by atoms with Gasteiger partial charge in [-0.1, -0.05) is 23.4 Å². The molecule has 0 aliphatic heterocycles. The van der Waals surface area contributed by atoms with Gasteiger partial charge in [0.2, 0.25) is 0 Å². The Bertz CT molecular complexity index is 455. The van der Waals surface area contributed by atoms with Crippen LogP contribution < -0.4 is 5.32 Å². The molecular weight excluding hydrogens is 188 g/mol. The van der Waals surface area contributed by atoms with E-state index in [0.29, 0.717) is 0 Å². The summed E-state index contributed by atoms with van der Waals surface area (Å²) in [6, 6.07) is 8.13. The van der Waals surface area contributed by atoms with E-state index in [1.54, 1.807) is 0 Å². The van der Waals surface area contributed by atoms with Crippen molar-refractivity contribution in [3.63, 3.8) is 0 Å². The summed E-state index contributed by atoms with van der Waals surface area (Å²) in [5, 5.41) is 7.13. The summed E-state index contributed by atoms with van der Waals surface area (Å²) >= 11 is 0. The second-order valence-corrected chi connectivity index (χ2v) is 3.49. The molecule has 1 N–H and O–H groups in total. The number of nitrogens with zero attached hydrogens (tertiary/aromatic N) is 1. The van der Waals surface area contributed by atoms with Crippen molar-refractivity contribution >= 4 is 5.69 Å². The first-order valence-electron chi connectivity index (χ1n) is 4.94. The molecule has 3 nitrogen and oxygen atoms in total. The molecule has 0 spiro atoms. The third-order valence-electron chi connectivity index (χ3n) is 2.50. The number of aromatic nitrogens is 1. The second kappa shape index (κ2) is 3.77. The van der Waals surface area contributed by atoms with E-state index in [4.69, 9.17) is 4.52 Å². The minimum absolute atomic E-state index is 0.857. The molecule has 15 heavy (non-hydrogen) atoms. The van der Waals surface area contributed by atoms with Crippen LogP contribution in [0.3, 0.4) is 0 Å². The minimum atomic E-state index is 0.857. The van der Waals surface area contributed by atoms with E-state index in [-0.39, 0.29) is 0 Å². The lowest BCUT2D eigenvalue weighted by Crippen LogP contribution is -1.92. The number of hydrogen-bond acceptors (Lipinski definition) is 3. The standard InChI is InChI=1S/C12H14N2O/c1-8-12(9(2)15-14-8)10-6-4-5-7-11(10)13-3/h4-7,13H,1-3H3. The van der Waals surface area contributed by atoms with E-state index in [2.05, 4.69) is 16.5 Å². The summed E-state index contributed by atoms with van der Waals surface area (Å²) in [6.07, 6.45) is 0. The van der Waals surface area contributed by atoms with Gasteiger partial charge in [-0.05, 0) is 19.9 Å². The highest BCUT2D eigenvalue weighted by Gasteiger charge is 2.13. The Morgan fingerprint density at radius 3 is 2.53 bits per heavy atom. The third-order valence-corrected chi connectivity index (χ3v) is 2.50. The Hall–Kier alpha value is -1.77. The van der Waals surface area contributed by atoms with Gasteiger partial charge in [0.25, 0.3) is 0 Å². The maximum atomic E-state index is 5.17. The fraction of sp³-hybridized carbons (Fsp3) is 0.250. The van der Waals surface area contributed by atoms with Gasteiger partial charge in [0, 0.05) is 23.9 Å². The van der Waals surface area contributed by atoms with Crippen LogP contribution >= 0.6 is 0 Å². The zero-order chi connectivity index (χ0) is 10.8. The highest BCUT2D eigenvalue weighted by molar-refractivity contribution is 5.80. The monoisotopic (exact) mass is 202 g/mol. The highest BCUT2D eigenvalue weighted by atomic mass is 16.5. The molecule has 0 saturated carbocycles. The van der Waals surface area contributed by atoms with Crippen LogP contribution in [0.1, 0.15) is 11.5 Å². The first kappa shape index (κ1) is 9.77. The Labute approximate surface area is 89.1 Å². The van der Waals surface area contributed by atoms with Crippen LogP contribution in [0.2, 0.25) is 0 Å². The number of nitrogens with one attached hydrogen (secondary N) is 1. The molecule has 0 bridgehead atoms. The topological polar surface area (TPSA) is 38.1 Å². The molecule has 0 fully saturated rings. The van der Waals surface area contributed by atoms with E-state index < -0.39 is 0 Å². The molecule has 0 amide bonds. The van der Waals surface area contributed by atoms with Crippen molar-refractivity contribution in [3.8, 4) is 11.1 Å². The molecular formula is C12H14N2O. The maximum Gasteiger partial charge on any atom is 0.141 e. The zero-order valence-electron chi connectivity index (χ0n) is 9.16. The zero-order valence-corrected chi connectivity index (χ0v) is 9.16. The summed E-state index contributed by atoms with van der Waals surface area (Å²) in [5.74, 6) is 0.857. The normalized spacial score (nSPS) is 10.3. The van der Waals surface area contributed by atoms with Crippen LogP contribution in [-0.4, -0.2) is 12.2 Å². The number of aryl methyl sites for hydroxylation is 2. The molecule has 0 aliphatic carbocycles. The van der Waals surface area contributed by atoms with Crippen molar-refractivity contribution in [2.75, 3.05) is 12.4 Å². The van der Waals surface area contributed by atoms with Crippen LogP contribution in [0.4, 0.5) is 5.69 Å². The van der Waals surface area contributed by atoms with Crippen molar-refractivity contribution in [1.29, 1.82) is 0 Å². The van der Waals surface area contributed by atoms with Crippen LogP contribution in [0.5, 0.6) is 0 Å². The Morgan fingerprint density at radius 2 is 1.93 bits per heavy atom. The van der Waals surface area contributed by atoms with Gasteiger partial charge in [0.05, 0.1) is 5.69 Å². The number of rotatable bonds is 2. The largest absolute Gasteiger partial charge is 0.388 e. The van der Waals surface area contributed by atoms with Crippen LogP contribution in [0.15, 0.2) is 28.8 Å². The molecule has 0 unspecified atom stereocenters. The minimum Gasteiger partial charge on any atom is -0.388 e. The predicted octanol–water partition coefficient (Wildman–Crippen LogP) is 3.00. The van der Waals surface area contributed by atoms with Crippen molar-refractivity contribution in [1.82, 2.24) is 5.16 Å². The van der Waals surface area contributed by atoms with Gasteiger partial charge in [0.15, 0.2) is 0 Å². The van der Waals surface area contributed by atoms with Crippen LogP contribution in [0.25, 0.3) is 11.1 Å². The van der Waals surface area contributed by atoms with Crippen LogP contribution in [0, 0.1) is 13.8 Å². The summed E-state index contributed by atoms with van der Waals surface area (Å²) in [6.45, 7) is 3.89. The van der Waals surface area contributed by atoms with Gasteiger partial charge in [-0.3, -0.25) is 0 Å². The number of para-hydroxylation sites is 1. The molecule has 2 aromatic rings. The summed E-state index contributed by atoms with van der Waals surface area (Å²) in [4.78, 5) is 0. The van der Waals surface area contributed by atoms with Crippen molar-refractivity contribution in [2.24, 2.45) is 0 Å². The lowest BCUT2D eigenvalue weighted by atomic mass is 10.0. The molecule has 2 rings (SSSR count). The fourth-order valence-corrected chi connectivity index (χ4v) is 1.79. The Morgan fingerprint density at radius 1 is 1.20 bits per heavy atom. The Kier molecular flexibility index (Phi) is 2.46. The lowest BCUT2D eigenvalue weighted by Gasteiger charge is -2.07. The van der Waals surface area contributed by atoms with Gasteiger partial charge >= 0.3 is 0 Å². The molecule has 1 aromatic carbocycles. The van der Waals surface area contributed by atoms with Crippen molar-refractivity contribution < 1.29 is 4.52 Å². The van der Waals surface area contributed by atoms with Gasteiger partial charge in [0.1, 0.15) is 5.76 Å². The van der Waals surface area contributed by atoms with Gasteiger partial charge in [-0.2, -0.15) is 0 Å². The number of anilines is 1. The van der Waals surface area contributed by atoms with Crippen LogP contribution in [-0.2, 0) is 0 Å². The molecule has 0 radical (unpaired) electrons. The van der Waals surface area contributed by atoms with E-state index in [1.165, 1.54) is 0 Å². The van der Waals surface area contributed by atoms with E-state index >= 15 is 0 Å². The van der Waals surface area contributed by atoms with Gasteiger partial charge in [-0.25, -0.2) is 0 Å². The van der Waals surface area contributed by atoms with Crippen molar-refractivity contribution in [2.45, 2.75) is 13.8 Å². The lowest BCUT2D eigenvalue weighted by molar-refractivity contribution is 0.393. The number of hydrogen-bond donors (Lipinski definition) is 1. The smallest absolute Gasteiger partial charge is 0.141 e. The van der Waals surface area contributed by atoms with Gasteiger partial charge < -0.3 is 9.84 Å². The molecule has 1 heterocycles. The SMILES string of the molecule is CNc1ccccc1-c1c(C)noc1C. The van der Waals surface area contributed by atoms with E-state index in [9.17, 15) is 0 Å². The molecule has 78 valence electrons. The molecule has 0 atom stereocenters. The molecule has 3 heteroatoms. The van der Waals surface area contributed by atoms with E-state index in [0.717, 1.165) is 28.3 Å². The first-order valence-corrected chi connectivity index (χ1v) is 4.94.